The Morgan fingerprint density at radius 3 is 2.47 bits per heavy atom. The number of piperidine rings is 1. The van der Waals surface area contributed by atoms with E-state index in [0.29, 0.717) is 0 Å². The minimum Gasteiger partial charge on any atom is -0.303 e. The monoisotopic (exact) mass is 304 g/mol. The number of aromatic nitrogens is 2. The number of likely N-dealkylation sites (tertiary alicyclic amines) is 1. The minimum absolute atomic E-state index is 0.0246. The average Bonchev–Trinajstić information content (AvgIpc) is 2.40. The molecule has 0 aliphatic carbocycles. The quantitative estimate of drug-likeness (QED) is 0.836. The molecule has 0 amide bonds. The van der Waals surface area contributed by atoms with E-state index < -0.39 is 10.0 Å². The first-order valence-corrected chi connectivity index (χ1v) is 8.09. The van der Waals surface area contributed by atoms with Gasteiger partial charge in [0.15, 0.2) is 0 Å². The number of hydrogen-bond acceptors (Lipinski definition) is 5. The smallest absolute Gasteiger partial charge is 0.243 e. The van der Waals surface area contributed by atoms with E-state index in [1.165, 1.54) is 12.4 Å². The van der Waals surface area contributed by atoms with E-state index in [-0.39, 0.29) is 16.2 Å². The lowest BCUT2D eigenvalue weighted by molar-refractivity contribution is 0.217. The van der Waals surface area contributed by atoms with Crippen LogP contribution in [0.5, 0.6) is 0 Å². The molecule has 1 fully saturated rings. The van der Waals surface area contributed by atoms with Crippen molar-refractivity contribution in [2.75, 3.05) is 19.6 Å². The van der Waals surface area contributed by atoms with E-state index in [1.54, 1.807) is 0 Å². The number of halogens is 1. The van der Waals surface area contributed by atoms with Crippen molar-refractivity contribution in [3.05, 3.63) is 17.7 Å². The third kappa shape index (κ3) is 3.85. The van der Waals surface area contributed by atoms with Crippen LogP contribution in [0.3, 0.4) is 0 Å². The summed E-state index contributed by atoms with van der Waals surface area (Å²) in [6.45, 7) is 4.95. The molecule has 2 rings (SSSR count). The van der Waals surface area contributed by atoms with E-state index in [9.17, 15) is 8.42 Å². The normalized spacial score (nSPS) is 18.6. The molecule has 0 saturated carbocycles. The summed E-state index contributed by atoms with van der Waals surface area (Å²) in [6.07, 6.45) is 4.08. The van der Waals surface area contributed by atoms with Gasteiger partial charge in [-0.25, -0.2) is 23.1 Å². The van der Waals surface area contributed by atoms with Crippen LogP contribution in [0.1, 0.15) is 19.8 Å². The minimum atomic E-state index is -3.55. The van der Waals surface area contributed by atoms with Crippen molar-refractivity contribution < 1.29 is 8.42 Å². The van der Waals surface area contributed by atoms with E-state index in [0.717, 1.165) is 32.5 Å². The summed E-state index contributed by atoms with van der Waals surface area (Å²) in [5.41, 5.74) is 0. The third-order valence-electron chi connectivity index (χ3n) is 3.26. The average molecular weight is 305 g/mol. The Morgan fingerprint density at radius 1 is 1.37 bits per heavy atom. The number of sulfonamides is 1. The summed E-state index contributed by atoms with van der Waals surface area (Å²) in [6, 6.07) is -0.0246. The predicted molar refractivity (Wildman–Crippen MR) is 72.5 cm³/mol. The van der Waals surface area contributed by atoms with Crippen LogP contribution in [-0.4, -0.2) is 49.0 Å². The fourth-order valence-corrected chi connectivity index (χ4v) is 3.38. The summed E-state index contributed by atoms with van der Waals surface area (Å²) >= 11 is 5.54. The van der Waals surface area contributed by atoms with Crippen molar-refractivity contribution in [2.24, 2.45) is 0 Å². The Balaban J connectivity index is 2.00. The predicted octanol–water partition coefficient (Wildman–Crippen LogP) is 0.893. The van der Waals surface area contributed by atoms with Crippen LogP contribution in [0.15, 0.2) is 17.3 Å². The maximum absolute atomic E-state index is 12.1. The Hall–Kier alpha value is -0.760. The molecule has 8 heteroatoms. The second kappa shape index (κ2) is 6.13. The van der Waals surface area contributed by atoms with Gasteiger partial charge in [-0.3, -0.25) is 0 Å². The maximum atomic E-state index is 12.1. The first kappa shape index (κ1) is 14.6. The molecule has 0 aromatic carbocycles. The van der Waals surface area contributed by atoms with Crippen LogP contribution in [0, 0.1) is 0 Å². The van der Waals surface area contributed by atoms with Crippen molar-refractivity contribution in [3.8, 4) is 0 Å². The van der Waals surface area contributed by atoms with Crippen molar-refractivity contribution in [2.45, 2.75) is 30.7 Å². The van der Waals surface area contributed by atoms with Crippen molar-refractivity contribution in [3.63, 3.8) is 0 Å². The van der Waals surface area contributed by atoms with E-state index in [4.69, 9.17) is 11.6 Å². The third-order valence-corrected chi connectivity index (χ3v) is 4.93. The molecule has 1 aromatic rings. The van der Waals surface area contributed by atoms with Crippen molar-refractivity contribution in [1.29, 1.82) is 0 Å². The van der Waals surface area contributed by atoms with Gasteiger partial charge in [-0.2, -0.15) is 0 Å². The topological polar surface area (TPSA) is 75.2 Å². The summed E-state index contributed by atoms with van der Waals surface area (Å²) in [5.74, 6) is 0. The van der Waals surface area contributed by atoms with Crippen LogP contribution < -0.4 is 4.72 Å². The van der Waals surface area contributed by atoms with E-state index in [1.807, 2.05) is 0 Å². The molecule has 1 saturated heterocycles. The Labute approximate surface area is 118 Å². The lowest BCUT2D eigenvalue weighted by Crippen LogP contribution is -2.44. The number of nitrogens with one attached hydrogen (secondary N) is 1. The van der Waals surface area contributed by atoms with Gasteiger partial charge in [-0.1, -0.05) is 6.92 Å². The van der Waals surface area contributed by atoms with Gasteiger partial charge >= 0.3 is 0 Å². The van der Waals surface area contributed by atoms with Crippen LogP contribution in [0.2, 0.25) is 5.28 Å². The molecule has 19 heavy (non-hydrogen) atoms. The molecular formula is C11H17ClN4O2S. The molecule has 1 aliphatic heterocycles. The SMILES string of the molecule is CCN1CCC(NS(=O)(=O)c2cnc(Cl)nc2)CC1. The maximum Gasteiger partial charge on any atom is 0.243 e. The van der Waals surface area contributed by atoms with Crippen LogP contribution in [-0.2, 0) is 10.0 Å². The second-order valence-electron chi connectivity index (χ2n) is 4.52. The van der Waals surface area contributed by atoms with Gasteiger partial charge in [0, 0.05) is 6.04 Å². The summed E-state index contributed by atoms with van der Waals surface area (Å²) in [4.78, 5) is 9.73. The van der Waals surface area contributed by atoms with E-state index in [2.05, 4.69) is 26.5 Å². The molecule has 0 bridgehead atoms. The summed E-state index contributed by atoms with van der Waals surface area (Å²) < 4.78 is 26.9. The first-order valence-electron chi connectivity index (χ1n) is 6.23. The zero-order chi connectivity index (χ0) is 13.9. The van der Waals surface area contributed by atoms with Gasteiger partial charge in [0.2, 0.25) is 15.3 Å². The highest BCUT2D eigenvalue weighted by Gasteiger charge is 2.24. The first-order chi connectivity index (χ1) is 9.01. The molecule has 0 radical (unpaired) electrons. The molecule has 1 aliphatic rings. The fraction of sp³-hybridized carbons (Fsp3) is 0.636. The van der Waals surface area contributed by atoms with Gasteiger partial charge in [0.25, 0.3) is 0 Å². The van der Waals surface area contributed by atoms with Gasteiger partial charge < -0.3 is 4.90 Å². The fourth-order valence-electron chi connectivity index (χ4n) is 2.09. The van der Waals surface area contributed by atoms with Crippen LogP contribution in [0.25, 0.3) is 0 Å². The largest absolute Gasteiger partial charge is 0.303 e. The second-order valence-corrected chi connectivity index (χ2v) is 6.57. The molecule has 1 N–H and O–H groups in total. The highest BCUT2D eigenvalue weighted by molar-refractivity contribution is 7.89. The highest BCUT2D eigenvalue weighted by Crippen LogP contribution is 2.14. The molecule has 0 spiro atoms. The Morgan fingerprint density at radius 2 is 1.95 bits per heavy atom. The van der Waals surface area contributed by atoms with Gasteiger partial charge in [-0.05, 0) is 44.1 Å². The molecule has 0 atom stereocenters. The van der Waals surface area contributed by atoms with Crippen LogP contribution in [0.4, 0.5) is 0 Å². The molecule has 106 valence electrons. The lowest BCUT2D eigenvalue weighted by atomic mass is 10.1. The highest BCUT2D eigenvalue weighted by atomic mass is 35.5. The molecule has 0 unspecified atom stereocenters. The molecule has 6 nitrogen and oxygen atoms in total. The lowest BCUT2D eigenvalue weighted by Gasteiger charge is -2.31. The summed E-state index contributed by atoms with van der Waals surface area (Å²) in [5, 5.41) is 0.0372. The number of rotatable bonds is 4. The number of hydrogen-bond donors (Lipinski definition) is 1. The van der Waals surface area contributed by atoms with Crippen LogP contribution >= 0.6 is 11.6 Å². The van der Waals surface area contributed by atoms with Crippen molar-refractivity contribution in [1.82, 2.24) is 19.6 Å². The molecule has 2 heterocycles. The van der Waals surface area contributed by atoms with Crippen molar-refractivity contribution >= 4 is 21.6 Å². The summed E-state index contributed by atoms with van der Waals surface area (Å²) in [7, 11) is -3.55. The zero-order valence-electron chi connectivity index (χ0n) is 10.7. The number of nitrogens with zero attached hydrogens (tertiary/aromatic N) is 3. The van der Waals surface area contributed by atoms with Gasteiger partial charge in [-0.15, -0.1) is 0 Å². The molecule has 1 aromatic heterocycles. The van der Waals surface area contributed by atoms with Gasteiger partial charge in [0.1, 0.15) is 4.90 Å². The Kier molecular flexibility index (Phi) is 4.72. The zero-order valence-corrected chi connectivity index (χ0v) is 12.3. The molecular weight excluding hydrogens is 288 g/mol. The van der Waals surface area contributed by atoms with Gasteiger partial charge in [0.05, 0.1) is 12.4 Å². The standard InChI is InChI=1S/C11H17ClN4O2S/c1-2-16-5-3-9(4-6-16)15-19(17,18)10-7-13-11(12)14-8-10/h7-9,15H,2-6H2,1H3. The van der Waals surface area contributed by atoms with E-state index >= 15 is 0 Å². The Bertz CT molecular complexity index is 512.